The summed E-state index contributed by atoms with van der Waals surface area (Å²) >= 11 is 0. The molecule has 1 aliphatic heterocycles. The van der Waals surface area contributed by atoms with Crippen LogP contribution in [0.3, 0.4) is 0 Å². The van der Waals surface area contributed by atoms with Crippen molar-refractivity contribution in [3.63, 3.8) is 0 Å². The predicted octanol–water partition coefficient (Wildman–Crippen LogP) is 4.48. The molecule has 3 aromatic rings. The van der Waals surface area contributed by atoms with Crippen LogP contribution in [0.5, 0.6) is 5.75 Å². The molecule has 2 amide bonds. The van der Waals surface area contributed by atoms with Crippen molar-refractivity contribution >= 4 is 17.5 Å². The summed E-state index contributed by atoms with van der Waals surface area (Å²) in [4.78, 5) is 20.9. The van der Waals surface area contributed by atoms with Crippen molar-refractivity contribution in [1.82, 2.24) is 15.3 Å². The van der Waals surface area contributed by atoms with E-state index >= 15 is 0 Å². The van der Waals surface area contributed by atoms with Crippen LogP contribution in [0.15, 0.2) is 60.9 Å². The molecule has 2 atom stereocenters. The lowest BCUT2D eigenvalue weighted by Crippen LogP contribution is -2.40. The van der Waals surface area contributed by atoms with E-state index in [0.717, 1.165) is 37.1 Å². The van der Waals surface area contributed by atoms with Crippen LogP contribution < -0.4 is 20.7 Å². The molecule has 1 aromatic heterocycles. The lowest BCUT2D eigenvalue weighted by atomic mass is 10.0. The number of benzene rings is 2. The number of hydrogen-bond donors (Lipinski definition) is 3. The largest absolute Gasteiger partial charge is 0.486 e. The van der Waals surface area contributed by atoms with Gasteiger partial charge in [0, 0.05) is 12.5 Å². The predicted molar refractivity (Wildman–Crippen MR) is 126 cm³/mol. The van der Waals surface area contributed by atoms with E-state index < -0.39 is 6.03 Å². The Morgan fingerprint density at radius 3 is 2.69 bits per heavy atom. The summed E-state index contributed by atoms with van der Waals surface area (Å²) in [7, 11) is 0. The third-order valence-electron chi connectivity index (χ3n) is 5.51. The van der Waals surface area contributed by atoms with Gasteiger partial charge in [-0.25, -0.2) is 9.78 Å². The third-order valence-corrected chi connectivity index (χ3v) is 5.51. The Morgan fingerprint density at radius 2 is 1.97 bits per heavy atom. The van der Waals surface area contributed by atoms with Crippen LogP contribution in [0.2, 0.25) is 0 Å². The Morgan fingerprint density at radius 1 is 1.12 bits per heavy atom. The van der Waals surface area contributed by atoms with Gasteiger partial charge in [0.15, 0.2) is 5.82 Å². The van der Waals surface area contributed by atoms with E-state index in [1.165, 1.54) is 11.8 Å². The maximum atomic E-state index is 12.6. The SMILES string of the molecule is Cc1ccc(OC(Cc2ccccc2)C2CCCN2)c(NC(=O)Nc2cnc(C)cn2)c1. The van der Waals surface area contributed by atoms with Crippen molar-refractivity contribution in [3.8, 4) is 5.75 Å². The van der Waals surface area contributed by atoms with Crippen LogP contribution in [0, 0.1) is 13.8 Å². The molecule has 166 valence electrons. The minimum Gasteiger partial charge on any atom is -0.486 e. The quantitative estimate of drug-likeness (QED) is 0.513. The highest BCUT2D eigenvalue weighted by atomic mass is 16.5. The summed E-state index contributed by atoms with van der Waals surface area (Å²) in [5.41, 5.74) is 3.67. The third kappa shape index (κ3) is 5.82. The van der Waals surface area contributed by atoms with E-state index in [2.05, 4.69) is 38.1 Å². The highest BCUT2D eigenvalue weighted by Gasteiger charge is 2.27. The summed E-state index contributed by atoms with van der Waals surface area (Å²) in [5.74, 6) is 1.04. The summed E-state index contributed by atoms with van der Waals surface area (Å²) < 4.78 is 6.52. The van der Waals surface area contributed by atoms with E-state index in [4.69, 9.17) is 4.74 Å². The van der Waals surface area contributed by atoms with E-state index in [1.807, 2.05) is 50.2 Å². The highest BCUT2D eigenvalue weighted by molar-refractivity contribution is 6.00. The second-order valence-corrected chi connectivity index (χ2v) is 8.17. The minimum absolute atomic E-state index is 0.0471. The molecule has 2 unspecified atom stereocenters. The monoisotopic (exact) mass is 431 g/mol. The summed E-state index contributed by atoms with van der Waals surface area (Å²) in [6.07, 6.45) is 6.09. The minimum atomic E-state index is -0.391. The van der Waals surface area contributed by atoms with Crippen LogP contribution in [0.1, 0.15) is 29.7 Å². The fourth-order valence-electron chi connectivity index (χ4n) is 3.88. The number of hydrogen-bond acceptors (Lipinski definition) is 5. The molecule has 7 heteroatoms. The molecule has 4 rings (SSSR count). The number of carbonyl (C=O) groups is 1. The molecule has 7 nitrogen and oxygen atoms in total. The number of urea groups is 1. The first-order chi connectivity index (χ1) is 15.6. The van der Waals surface area contributed by atoms with Gasteiger partial charge in [0.1, 0.15) is 11.9 Å². The number of aromatic nitrogens is 2. The molecule has 2 heterocycles. The number of nitrogens with zero attached hydrogens (tertiary/aromatic N) is 2. The molecule has 3 N–H and O–H groups in total. The van der Waals surface area contributed by atoms with Crippen LogP contribution in [-0.2, 0) is 6.42 Å². The van der Waals surface area contributed by atoms with Crippen molar-refractivity contribution in [1.29, 1.82) is 0 Å². The molecule has 1 fully saturated rings. The molecule has 0 aliphatic carbocycles. The zero-order chi connectivity index (χ0) is 22.3. The second kappa shape index (κ2) is 10.2. The van der Waals surface area contributed by atoms with Gasteiger partial charge in [-0.05, 0) is 56.5 Å². The van der Waals surface area contributed by atoms with Crippen molar-refractivity contribution in [2.24, 2.45) is 0 Å². The summed E-state index contributed by atoms with van der Waals surface area (Å²) in [5, 5.41) is 9.20. The molecule has 0 radical (unpaired) electrons. The fraction of sp³-hybridized carbons (Fsp3) is 0.320. The van der Waals surface area contributed by atoms with Crippen LogP contribution in [0.4, 0.5) is 16.3 Å². The molecular formula is C25H29N5O2. The first kappa shape index (κ1) is 21.8. The first-order valence-corrected chi connectivity index (χ1v) is 11.0. The average Bonchev–Trinajstić information content (AvgIpc) is 3.32. The van der Waals surface area contributed by atoms with E-state index in [9.17, 15) is 4.79 Å². The van der Waals surface area contributed by atoms with Crippen molar-refractivity contribution in [2.75, 3.05) is 17.2 Å². The first-order valence-electron chi connectivity index (χ1n) is 11.0. The molecule has 0 bridgehead atoms. The van der Waals surface area contributed by atoms with Gasteiger partial charge in [-0.3, -0.25) is 10.3 Å². The summed E-state index contributed by atoms with van der Waals surface area (Å²) in [6, 6.07) is 16.1. The van der Waals surface area contributed by atoms with Gasteiger partial charge < -0.3 is 15.4 Å². The number of rotatable bonds is 7. The molecule has 0 saturated carbocycles. The van der Waals surface area contributed by atoms with Crippen molar-refractivity contribution in [2.45, 2.75) is 45.3 Å². The van der Waals surface area contributed by atoms with Gasteiger partial charge in [-0.1, -0.05) is 36.4 Å². The van der Waals surface area contributed by atoms with Crippen molar-refractivity contribution < 1.29 is 9.53 Å². The smallest absolute Gasteiger partial charge is 0.324 e. The molecule has 1 saturated heterocycles. The molecule has 32 heavy (non-hydrogen) atoms. The summed E-state index contributed by atoms with van der Waals surface area (Å²) in [6.45, 7) is 4.83. The van der Waals surface area contributed by atoms with Crippen LogP contribution in [-0.4, -0.2) is 34.7 Å². The molecule has 2 aromatic carbocycles. The number of carbonyl (C=O) groups excluding carboxylic acids is 1. The average molecular weight is 432 g/mol. The van der Waals surface area contributed by atoms with Gasteiger partial charge in [-0.15, -0.1) is 0 Å². The molecular weight excluding hydrogens is 402 g/mol. The van der Waals surface area contributed by atoms with Gasteiger partial charge in [0.25, 0.3) is 0 Å². The standard InChI is InChI=1S/C25H29N5O2/c1-17-10-11-22(21(13-17)29-25(31)30-24-16-27-18(2)15-28-24)32-23(20-9-6-12-26-20)14-19-7-4-3-5-8-19/h3-5,7-8,10-11,13,15-16,20,23,26H,6,9,12,14H2,1-2H3,(H2,28,29,30,31). The Labute approximate surface area is 188 Å². The van der Waals surface area contributed by atoms with Crippen LogP contribution in [0.25, 0.3) is 0 Å². The van der Waals surface area contributed by atoms with E-state index in [1.54, 1.807) is 6.20 Å². The van der Waals surface area contributed by atoms with Crippen molar-refractivity contribution in [3.05, 3.63) is 77.7 Å². The zero-order valence-electron chi connectivity index (χ0n) is 18.5. The number of nitrogens with one attached hydrogen (secondary N) is 3. The topological polar surface area (TPSA) is 88.2 Å². The molecule has 1 aliphatic rings. The molecule has 0 spiro atoms. The van der Waals surface area contributed by atoms with Gasteiger partial charge in [-0.2, -0.15) is 0 Å². The lowest BCUT2D eigenvalue weighted by molar-refractivity contribution is 0.162. The van der Waals surface area contributed by atoms with Gasteiger partial charge >= 0.3 is 6.03 Å². The normalized spacial score (nSPS) is 16.4. The van der Waals surface area contributed by atoms with E-state index in [0.29, 0.717) is 17.3 Å². The lowest BCUT2D eigenvalue weighted by Gasteiger charge is -2.26. The number of ether oxygens (including phenoxy) is 1. The highest BCUT2D eigenvalue weighted by Crippen LogP contribution is 2.29. The Balaban J connectivity index is 1.51. The van der Waals surface area contributed by atoms with Gasteiger partial charge in [0.2, 0.25) is 0 Å². The Bertz CT molecular complexity index is 1030. The van der Waals surface area contributed by atoms with E-state index in [-0.39, 0.29) is 12.1 Å². The van der Waals surface area contributed by atoms with Gasteiger partial charge in [0.05, 0.1) is 23.8 Å². The zero-order valence-corrected chi connectivity index (χ0v) is 18.5. The number of amides is 2. The fourth-order valence-corrected chi connectivity index (χ4v) is 3.88. The Hall–Kier alpha value is -3.45. The number of aryl methyl sites for hydroxylation is 2. The van der Waals surface area contributed by atoms with Crippen LogP contribution >= 0.6 is 0 Å². The Kier molecular flexibility index (Phi) is 6.97. The second-order valence-electron chi connectivity index (χ2n) is 8.17. The maximum absolute atomic E-state index is 12.6. The number of anilines is 2. The maximum Gasteiger partial charge on any atom is 0.324 e.